The zero-order chi connectivity index (χ0) is 22.5. The second-order valence-corrected chi connectivity index (χ2v) is 10.5. The number of nitrogens with zero attached hydrogens (tertiary/aromatic N) is 3. The molecule has 31 heavy (non-hydrogen) atoms. The number of primary amides is 1. The molecule has 174 valence electrons. The standard InChI is InChI=1S/C20H33N5O4S2/c1-13-8-10-16(11-9-13)24(15-6-4-3-5-7-15)20(27)23-19-22-12-17(30-19)25(31(28)29)14(2)18(21)26/h12-16H,3-11H2,1-2H3,(H2,21,26)(H,28,29)(H,22,23,27)/p-1. The molecule has 2 fully saturated rings. The van der Waals surface area contributed by atoms with Gasteiger partial charge in [-0.25, -0.2) is 9.78 Å². The fourth-order valence-electron chi connectivity index (χ4n) is 4.60. The van der Waals surface area contributed by atoms with E-state index in [2.05, 4.69) is 17.2 Å². The molecule has 2 saturated carbocycles. The summed E-state index contributed by atoms with van der Waals surface area (Å²) in [5.41, 5.74) is 5.27. The van der Waals surface area contributed by atoms with Gasteiger partial charge in [-0.3, -0.25) is 18.6 Å². The lowest BCUT2D eigenvalue weighted by Crippen LogP contribution is -2.51. The Labute approximate surface area is 190 Å². The average Bonchev–Trinajstić information content (AvgIpc) is 3.18. The number of hydrogen-bond donors (Lipinski definition) is 2. The fourth-order valence-corrected chi connectivity index (χ4v) is 6.25. The van der Waals surface area contributed by atoms with E-state index in [0.29, 0.717) is 11.0 Å². The van der Waals surface area contributed by atoms with E-state index in [1.165, 1.54) is 19.5 Å². The van der Waals surface area contributed by atoms with Crippen LogP contribution in [0.3, 0.4) is 0 Å². The molecular formula is C20H32N5O4S2-. The summed E-state index contributed by atoms with van der Waals surface area (Å²) in [6.45, 7) is 3.67. The van der Waals surface area contributed by atoms with Gasteiger partial charge in [-0.1, -0.05) is 37.5 Å². The molecule has 2 unspecified atom stereocenters. The van der Waals surface area contributed by atoms with E-state index in [9.17, 15) is 18.4 Å². The van der Waals surface area contributed by atoms with Gasteiger partial charge in [0.05, 0.1) is 6.20 Å². The molecule has 0 saturated heterocycles. The van der Waals surface area contributed by atoms with Crippen LogP contribution in [-0.2, 0) is 16.1 Å². The Morgan fingerprint density at radius 3 is 2.39 bits per heavy atom. The van der Waals surface area contributed by atoms with E-state index in [-0.39, 0.29) is 23.1 Å². The molecule has 1 aromatic heterocycles. The number of nitrogens with one attached hydrogen (secondary N) is 1. The molecule has 9 nitrogen and oxygen atoms in total. The lowest BCUT2D eigenvalue weighted by molar-refractivity contribution is -0.118. The van der Waals surface area contributed by atoms with Crippen molar-refractivity contribution in [1.29, 1.82) is 0 Å². The predicted molar refractivity (Wildman–Crippen MR) is 121 cm³/mol. The molecule has 1 heterocycles. The summed E-state index contributed by atoms with van der Waals surface area (Å²) in [6, 6.07) is -0.776. The number of thiazole rings is 1. The molecule has 2 atom stereocenters. The topological polar surface area (TPSA) is 132 Å². The maximum atomic E-state index is 13.3. The zero-order valence-electron chi connectivity index (χ0n) is 18.1. The molecule has 0 spiro atoms. The lowest BCUT2D eigenvalue weighted by Gasteiger charge is -2.42. The molecule has 0 aromatic carbocycles. The highest BCUT2D eigenvalue weighted by atomic mass is 32.2. The van der Waals surface area contributed by atoms with Crippen LogP contribution in [0.15, 0.2) is 6.20 Å². The first-order valence-electron chi connectivity index (χ1n) is 11.0. The van der Waals surface area contributed by atoms with Crippen LogP contribution in [0, 0.1) is 5.92 Å². The van der Waals surface area contributed by atoms with Crippen molar-refractivity contribution in [2.24, 2.45) is 11.7 Å². The van der Waals surface area contributed by atoms with E-state index in [1.807, 2.05) is 4.90 Å². The predicted octanol–water partition coefficient (Wildman–Crippen LogP) is 3.36. The summed E-state index contributed by atoms with van der Waals surface area (Å²) in [5, 5.41) is 3.41. The highest BCUT2D eigenvalue weighted by molar-refractivity contribution is 7.81. The second-order valence-electron chi connectivity index (χ2n) is 8.67. The summed E-state index contributed by atoms with van der Waals surface area (Å²) < 4.78 is 24.1. The van der Waals surface area contributed by atoms with E-state index in [1.54, 1.807) is 0 Å². The Balaban J connectivity index is 1.75. The second kappa shape index (κ2) is 10.7. The quantitative estimate of drug-likeness (QED) is 0.590. The van der Waals surface area contributed by atoms with Crippen LogP contribution in [0.5, 0.6) is 0 Å². The van der Waals surface area contributed by atoms with E-state index >= 15 is 0 Å². The molecule has 3 N–H and O–H groups in total. The first-order chi connectivity index (χ1) is 14.8. The van der Waals surface area contributed by atoms with Gasteiger partial charge >= 0.3 is 6.03 Å². The number of urea groups is 1. The van der Waals surface area contributed by atoms with Crippen LogP contribution in [0.2, 0.25) is 0 Å². The van der Waals surface area contributed by atoms with Crippen molar-refractivity contribution < 1.29 is 18.4 Å². The number of carbonyl (C=O) groups excluding carboxylic acids is 2. The number of amides is 3. The third-order valence-electron chi connectivity index (χ3n) is 6.43. The molecule has 1 aromatic rings. The maximum absolute atomic E-state index is 13.3. The van der Waals surface area contributed by atoms with Crippen LogP contribution < -0.4 is 15.4 Å². The van der Waals surface area contributed by atoms with Crippen molar-refractivity contribution in [2.75, 3.05) is 9.62 Å². The number of carbonyl (C=O) groups is 2. The number of nitrogens with two attached hydrogens (primary N) is 1. The summed E-state index contributed by atoms with van der Waals surface area (Å²) in [6.07, 6.45) is 11.1. The van der Waals surface area contributed by atoms with Gasteiger partial charge in [-0.15, -0.1) is 0 Å². The third kappa shape index (κ3) is 5.95. The van der Waals surface area contributed by atoms with E-state index in [4.69, 9.17) is 5.73 Å². The van der Waals surface area contributed by atoms with Crippen molar-refractivity contribution in [3.05, 3.63) is 6.20 Å². The van der Waals surface area contributed by atoms with Gasteiger partial charge in [-0.2, -0.15) is 0 Å². The molecule has 0 aliphatic heterocycles. The molecular weight excluding hydrogens is 438 g/mol. The Hall–Kier alpha value is -1.72. The Bertz CT molecular complexity index is 790. The van der Waals surface area contributed by atoms with Gasteiger partial charge in [-0.05, 0) is 51.4 Å². The van der Waals surface area contributed by atoms with Crippen LogP contribution >= 0.6 is 11.3 Å². The largest absolute Gasteiger partial charge is 0.755 e. The van der Waals surface area contributed by atoms with Crippen molar-refractivity contribution in [3.63, 3.8) is 0 Å². The van der Waals surface area contributed by atoms with Crippen molar-refractivity contribution in [1.82, 2.24) is 9.88 Å². The third-order valence-corrected chi connectivity index (χ3v) is 8.29. The molecule has 3 amide bonds. The lowest BCUT2D eigenvalue weighted by atomic mass is 9.84. The SMILES string of the molecule is CC1CCC(N(C(=O)Nc2ncc(N(C(C)C(N)=O)S(=O)[O-])s2)C2CCCCC2)CC1. The highest BCUT2D eigenvalue weighted by Crippen LogP contribution is 2.34. The van der Waals surface area contributed by atoms with Crippen molar-refractivity contribution >= 4 is 44.7 Å². The summed E-state index contributed by atoms with van der Waals surface area (Å²) in [4.78, 5) is 31.0. The normalized spacial score (nSPS) is 24.2. The van der Waals surface area contributed by atoms with E-state index < -0.39 is 23.2 Å². The van der Waals surface area contributed by atoms with Crippen LogP contribution in [0.25, 0.3) is 0 Å². The number of rotatable bonds is 7. The van der Waals surface area contributed by atoms with Gasteiger partial charge < -0.3 is 15.2 Å². The minimum Gasteiger partial charge on any atom is -0.755 e. The summed E-state index contributed by atoms with van der Waals surface area (Å²) >= 11 is -1.68. The van der Waals surface area contributed by atoms with Gasteiger partial charge in [0, 0.05) is 23.4 Å². The summed E-state index contributed by atoms with van der Waals surface area (Å²) in [5.74, 6) is -0.0709. The average molecular weight is 471 g/mol. The first kappa shape index (κ1) is 23.9. The van der Waals surface area contributed by atoms with Crippen LogP contribution in [-0.4, -0.2) is 48.7 Å². The monoisotopic (exact) mass is 470 g/mol. The van der Waals surface area contributed by atoms with Gasteiger partial charge in [0.1, 0.15) is 11.0 Å². The fraction of sp³-hybridized carbons (Fsp3) is 0.750. The molecule has 0 radical (unpaired) electrons. The molecule has 3 rings (SSSR count). The van der Waals surface area contributed by atoms with Crippen molar-refractivity contribution in [2.45, 2.75) is 89.8 Å². The smallest absolute Gasteiger partial charge is 0.324 e. The summed E-state index contributed by atoms with van der Waals surface area (Å²) in [7, 11) is 0. The minimum absolute atomic E-state index is 0.176. The Morgan fingerprint density at radius 2 is 1.81 bits per heavy atom. The van der Waals surface area contributed by atoms with Crippen LogP contribution in [0.1, 0.15) is 71.6 Å². The van der Waals surface area contributed by atoms with Crippen molar-refractivity contribution in [3.8, 4) is 0 Å². The Kier molecular flexibility index (Phi) is 8.29. The van der Waals surface area contributed by atoms with Gasteiger partial charge in [0.2, 0.25) is 5.91 Å². The van der Waals surface area contributed by atoms with Gasteiger partial charge in [0.15, 0.2) is 5.13 Å². The Morgan fingerprint density at radius 1 is 1.19 bits per heavy atom. The van der Waals surface area contributed by atoms with Crippen LogP contribution in [0.4, 0.5) is 14.9 Å². The molecule has 11 heteroatoms. The molecule has 0 bridgehead atoms. The molecule has 2 aliphatic rings. The minimum atomic E-state index is -2.69. The maximum Gasteiger partial charge on any atom is 0.324 e. The highest BCUT2D eigenvalue weighted by Gasteiger charge is 2.34. The number of aromatic nitrogens is 1. The first-order valence-corrected chi connectivity index (χ1v) is 12.9. The van der Waals surface area contributed by atoms with E-state index in [0.717, 1.165) is 67.0 Å². The van der Waals surface area contributed by atoms with Gasteiger partial charge in [0.25, 0.3) is 0 Å². The zero-order valence-corrected chi connectivity index (χ0v) is 19.8. The number of anilines is 2. The molecule has 2 aliphatic carbocycles. The number of hydrogen-bond acceptors (Lipinski definition) is 6.